The molecule has 3 fully saturated rings. The molecule has 3 aliphatic rings. The molecule has 2 heterocycles. The molecule has 1 N–H and O–H groups in total. The van der Waals surface area contributed by atoms with Crippen LogP contribution in [0.2, 0.25) is 0 Å². The molecular weight excluding hydrogens is 332 g/mol. The maximum absolute atomic E-state index is 12.3. The third-order valence-corrected chi connectivity index (χ3v) is 6.14. The van der Waals surface area contributed by atoms with Crippen molar-refractivity contribution in [2.24, 2.45) is 5.92 Å². The van der Waals surface area contributed by atoms with E-state index < -0.39 is 0 Å². The first-order valence-electron chi connectivity index (χ1n) is 10.2. The van der Waals surface area contributed by atoms with Crippen LogP contribution < -0.4 is 5.32 Å². The van der Waals surface area contributed by atoms with E-state index in [0.29, 0.717) is 18.4 Å². The van der Waals surface area contributed by atoms with Gasteiger partial charge >= 0.3 is 6.03 Å². The van der Waals surface area contributed by atoms with Gasteiger partial charge in [0.15, 0.2) is 0 Å². The number of amides is 3. The largest absolute Gasteiger partial charge is 0.381 e. The number of nitrogens with one attached hydrogen (secondary N) is 1. The number of methoxy groups -OCH3 is 1. The molecule has 1 aliphatic carbocycles. The predicted octanol–water partition coefficient (Wildman–Crippen LogP) is 1.14. The maximum Gasteiger partial charge on any atom is 0.317 e. The monoisotopic (exact) mass is 366 g/mol. The normalized spacial score (nSPS) is 25.5. The molecule has 7 heteroatoms. The lowest BCUT2D eigenvalue weighted by atomic mass is 9.84. The zero-order valence-electron chi connectivity index (χ0n) is 16.1. The standard InChI is InChI=1S/C19H34N4O3/c1-26-17-6-3-9-23(10-7-17)19(25)20-8-11-21-12-14-22(15-13-21)18(24)16-4-2-5-16/h16-17H,2-15H2,1H3,(H,20,25). The van der Waals surface area contributed by atoms with Crippen molar-refractivity contribution in [2.45, 2.75) is 44.6 Å². The first-order chi connectivity index (χ1) is 12.7. The molecule has 1 atom stereocenters. The number of rotatable bonds is 5. The molecule has 0 radical (unpaired) electrons. The number of urea groups is 1. The number of hydrogen-bond donors (Lipinski definition) is 1. The van der Waals surface area contributed by atoms with Crippen molar-refractivity contribution in [3.05, 3.63) is 0 Å². The third kappa shape index (κ3) is 5.10. The number of carbonyl (C=O) groups excluding carboxylic acids is 2. The summed E-state index contributed by atoms with van der Waals surface area (Å²) >= 11 is 0. The Hall–Kier alpha value is -1.34. The van der Waals surface area contributed by atoms with Gasteiger partial charge in [-0.25, -0.2) is 4.79 Å². The molecule has 0 aromatic heterocycles. The van der Waals surface area contributed by atoms with Crippen LogP contribution in [0.4, 0.5) is 4.79 Å². The van der Waals surface area contributed by atoms with Gasteiger partial charge in [-0.15, -0.1) is 0 Å². The summed E-state index contributed by atoms with van der Waals surface area (Å²) < 4.78 is 5.42. The van der Waals surface area contributed by atoms with Crippen LogP contribution in [0.3, 0.4) is 0 Å². The van der Waals surface area contributed by atoms with Crippen molar-refractivity contribution < 1.29 is 14.3 Å². The van der Waals surface area contributed by atoms with Crippen molar-refractivity contribution in [1.82, 2.24) is 20.0 Å². The highest BCUT2D eigenvalue weighted by atomic mass is 16.5. The van der Waals surface area contributed by atoms with E-state index in [1.54, 1.807) is 7.11 Å². The van der Waals surface area contributed by atoms with Crippen molar-refractivity contribution in [3.63, 3.8) is 0 Å². The number of ether oxygens (including phenoxy) is 1. The van der Waals surface area contributed by atoms with E-state index in [1.807, 2.05) is 9.80 Å². The molecule has 0 aromatic rings. The van der Waals surface area contributed by atoms with E-state index in [4.69, 9.17) is 4.74 Å². The second kappa shape index (κ2) is 9.55. The summed E-state index contributed by atoms with van der Waals surface area (Å²) in [7, 11) is 1.75. The van der Waals surface area contributed by atoms with Crippen LogP contribution in [-0.2, 0) is 9.53 Å². The van der Waals surface area contributed by atoms with Gasteiger partial charge in [0.1, 0.15) is 0 Å². The maximum atomic E-state index is 12.3. The fourth-order valence-electron chi connectivity index (χ4n) is 4.04. The van der Waals surface area contributed by atoms with E-state index in [1.165, 1.54) is 6.42 Å². The molecule has 0 spiro atoms. The minimum Gasteiger partial charge on any atom is -0.381 e. The van der Waals surface area contributed by atoms with Crippen LogP contribution in [-0.4, -0.2) is 92.2 Å². The molecule has 2 aliphatic heterocycles. The van der Waals surface area contributed by atoms with E-state index in [9.17, 15) is 9.59 Å². The van der Waals surface area contributed by atoms with E-state index in [2.05, 4.69) is 10.2 Å². The number of hydrogen-bond acceptors (Lipinski definition) is 4. The summed E-state index contributed by atoms with van der Waals surface area (Å²) in [5.41, 5.74) is 0. The van der Waals surface area contributed by atoms with Crippen LogP contribution in [0.15, 0.2) is 0 Å². The Balaban J connectivity index is 1.30. The van der Waals surface area contributed by atoms with E-state index in [-0.39, 0.29) is 12.1 Å². The van der Waals surface area contributed by atoms with Crippen molar-refractivity contribution in [1.29, 1.82) is 0 Å². The fourth-order valence-corrected chi connectivity index (χ4v) is 4.04. The van der Waals surface area contributed by atoms with Gasteiger partial charge < -0.3 is 19.9 Å². The molecule has 0 bridgehead atoms. The first-order valence-corrected chi connectivity index (χ1v) is 10.2. The summed E-state index contributed by atoms with van der Waals surface area (Å²) in [6, 6.07) is 0.0422. The Morgan fingerprint density at radius 1 is 0.923 bits per heavy atom. The summed E-state index contributed by atoms with van der Waals surface area (Å²) in [5, 5.41) is 3.05. The lowest BCUT2D eigenvalue weighted by Gasteiger charge is -2.38. The van der Waals surface area contributed by atoms with Crippen LogP contribution in [0, 0.1) is 5.92 Å². The Morgan fingerprint density at radius 3 is 2.35 bits per heavy atom. The zero-order valence-corrected chi connectivity index (χ0v) is 16.1. The molecule has 0 aromatic carbocycles. The Morgan fingerprint density at radius 2 is 1.69 bits per heavy atom. The van der Waals surface area contributed by atoms with Crippen LogP contribution in [0.1, 0.15) is 38.5 Å². The smallest absolute Gasteiger partial charge is 0.317 e. The minimum absolute atomic E-state index is 0.0422. The Labute approximate surface area is 157 Å². The van der Waals surface area contributed by atoms with Crippen LogP contribution >= 0.6 is 0 Å². The second-order valence-electron chi connectivity index (χ2n) is 7.80. The van der Waals surface area contributed by atoms with Gasteiger partial charge in [-0.05, 0) is 32.1 Å². The van der Waals surface area contributed by atoms with Gasteiger partial charge in [0, 0.05) is 65.4 Å². The van der Waals surface area contributed by atoms with E-state index >= 15 is 0 Å². The number of piperazine rings is 1. The van der Waals surface area contributed by atoms with Crippen molar-refractivity contribution in [3.8, 4) is 0 Å². The molecule has 26 heavy (non-hydrogen) atoms. The van der Waals surface area contributed by atoms with Crippen LogP contribution in [0.5, 0.6) is 0 Å². The molecule has 7 nitrogen and oxygen atoms in total. The van der Waals surface area contributed by atoms with E-state index in [0.717, 1.165) is 77.9 Å². The Bertz CT molecular complexity index is 475. The first kappa shape index (κ1) is 19.4. The summed E-state index contributed by atoms with van der Waals surface area (Å²) in [5.74, 6) is 0.659. The van der Waals surface area contributed by atoms with Crippen molar-refractivity contribution >= 4 is 11.9 Å². The quantitative estimate of drug-likeness (QED) is 0.793. The van der Waals surface area contributed by atoms with Gasteiger partial charge in [-0.2, -0.15) is 0 Å². The topological polar surface area (TPSA) is 65.1 Å². The molecule has 1 unspecified atom stereocenters. The molecular formula is C19H34N4O3. The SMILES string of the molecule is COC1CCCN(C(=O)NCCN2CCN(C(=O)C3CCC3)CC2)CC1. The number of nitrogens with zero attached hydrogens (tertiary/aromatic N) is 3. The number of likely N-dealkylation sites (tertiary alicyclic amines) is 1. The van der Waals surface area contributed by atoms with Gasteiger partial charge in [-0.3, -0.25) is 9.69 Å². The third-order valence-electron chi connectivity index (χ3n) is 6.14. The summed E-state index contributed by atoms with van der Waals surface area (Å²) in [6.45, 7) is 6.58. The van der Waals surface area contributed by atoms with Crippen molar-refractivity contribution in [2.75, 3.05) is 59.5 Å². The average Bonchev–Trinajstić information content (AvgIpc) is 2.86. The average molecular weight is 367 g/mol. The highest BCUT2D eigenvalue weighted by Gasteiger charge is 2.31. The Kier molecular flexibility index (Phi) is 7.14. The summed E-state index contributed by atoms with van der Waals surface area (Å²) in [4.78, 5) is 30.9. The predicted molar refractivity (Wildman–Crippen MR) is 100.0 cm³/mol. The molecule has 1 saturated carbocycles. The lowest BCUT2D eigenvalue weighted by Crippen LogP contribution is -2.52. The lowest BCUT2D eigenvalue weighted by molar-refractivity contribution is -0.139. The molecule has 148 valence electrons. The van der Waals surface area contributed by atoms with Crippen LogP contribution in [0.25, 0.3) is 0 Å². The van der Waals surface area contributed by atoms with Gasteiger partial charge in [0.25, 0.3) is 0 Å². The zero-order chi connectivity index (χ0) is 18.4. The highest BCUT2D eigenvalue weighted by molar-refractivity contribution is 5.79. The molecule has 3 rings (SSSR count). The van der Waals surface area contributed by atoms with Gasteiger partial charge in [-0.1, -0.05) is 6.42 Å². The molecule has 3 amide bonds. The minimum atomic E-state index is 0.0422. The summed E-state index contributed by atoms with van der Waals surface area (Å²) in [6.07, 6.45) is 6.60. The highest BCUT2D eigenvalue weighted by Crippen LogP contribution is 2.28. The second-order valence-corrected chi connectivity index (χ2v) is 7.80. The van der Waals surface area contributed by atoms with Gasteiger partial charge in [0.05, 0.1) is 6.10 Å². The molecule has 2 saturated heterocycles. The number of carbonyl (C=O) groups is 2. The van der Waals surface area contributed by atoms with Gasteiger partial charge in [0.2, 0.25) is 5.91 Å². The fraction of sp³-hybridized carbons (Fsp3) is 0.895.